The highest BCUT2D eigenvalue weighted by atomic mass is 32.1. The van der Waals surface area contributed by atoms with E-state index < -0.39 is 34.2 Å². The number of thiazole rings is 1. The molecule has 0 spiro atoms. The molecule has 3 aromatic rings. The number of aliphatic carboxylic acids is 1. The van der Waals surface area contributed by atoms with Gasteiger partial charge in [-0.3, -0.25) is 9.59 Å². The molecular formula is C26H24F5N3O3S. The van der Waals surface area contributed by atoms with Crippen molar-refractivity contribution in [1.29, 1.82) is 0 Å². The first-order valence-electron chi connectivity index (χ1n) is 12.4. The van der Waals surface area contributed by atoms with Crippen LogP contribution in [0.4, 0.5) is 22.0 Å². The lowest BCUT2D eigenvalue weighted by molar-refractivity contribution is -0.148. The summed E-state index contributed by atoms with van der Waals surface area (Å²) in [5, 5.41) is 9.02. The largest absolute Gasteiger partial charge is 0.481 e. The number of alkyl halides is 3. The Morgan fingerprint density at radius 3 is 2.50 bits per heavy atom. The van der Waals surface area contributed by atoms with E-state index >= 15 is 4.39 Å². The minimum atomic E-state index is -4.60. The van der Waals surface area contributed by atoms with Crippen LogP contribution in [0.5, 0.6) is 0 Å². The Hall–Kier alpha value is -3.02. The van der Waals surface area contributed by atoms with Crippen LogP contribution >= 0.6 is 11.3 Å². The third-order valence-corrected chi connectivity index (χ3v) is 9.72. The Labute approximate surface area is 218 Å². The second kappa shape index (κ2) is 8.49. The molecule has 1 N–H and O–H groups in total. The number of carbonyl (C=O) groups is 2. The number of amides is 1. The maximum atomic E-state index is 15.0. The number of hydrogen-bond donors (Lipinski definition) is 1. The second-order valence-corrected chi connectivity index (χ2v) is 12.0. The monoisotopic (exact) mass is 553 g/mol. The molecule has 0 atom stereocenters. The van der Waals surface area contributed by atoms with E-state index in [1.807, 2.05) is 0 Å². The van der Waals surface area contributed by atoms with Crippen molar-refractivity contribution < 1.29 is 36.6 Å². The van der Waals surface area contributed by atoms with Gasteiger partial charge < -0.3 is 14.6 Å². The average molecular weight is 554 g/mol. The molecule has 3 aliphatic rings. The second-order valence-electron chi connectivity index (χ2n) is 10.9. The molecule has 0 unspecified atom stereocenters. The van der Waals surface area contributed by atoms with Gasteiger partial charge in [-0.15, -0.1) is 11.3 Å². The SMILES string of the molecule is O=C(CC12CCC(C(=O)O)(CC1)C2)N1CCc2c(n(Cc3cnc(C(F)(F)F)s3)c3c(F)cc(F)cc23)C1. The third kappa shape index (κ3) is 3.99. The highest BCUT2D eigenvalue weighted by Gasteiger charge is 2.58. The summed E-state index contributed by atoms with van der Waals surface area (Å²) in [6, 6.07) is 1.97. The molecule has 1 aromatic carbocycles. The smallest absolute Gasteiger partial charge is 0.443 e. The van der Waals surface area contributed by atoms with Crippen molar-refractivity contribution >= 4 is 34.1 Å². The summed E-state index contributed by atoms with van der Waals surface area (Å²) in [6.45, 7) is 0.340. The van der Waals surface area contributed by atoms with E-state index in [-0.39, 0.29) is 41.2 Å². The molecule has 3 heterocycles. The molecule has 6 nitrogen and oxygen atoms in total. The summed E-state index contributed by atoms with van der Waals surface area (Å²) in [6.07, 6.45) is 0.0484. The average Bonchev–Trinajstić information content (AvgIpc) is 3.61. The van der Waals surface area contributed by atoms with Gasteiger partial charge in [-0.2, -0.15) is 13.2 Å². The summed E-state index contributed by atoms with van der Waals surface area (Å²) in [4.78, 5) is 30.6. The highest BCUT2D eigenvalue weighted by molar-refractivity contribution is 7.11. The standard InChI is InChI=1S/C26H24F5N3O3S/c27-14-7-17-16-1-6-33(20(35)9-24-2-4-25(13-24,5-3-24)23(36)37)12-19(16)34(21(17)18(28)8-14)11-15-10-32-22(38-15)26(29,30)31/h7-8,10H,1-6,9,11-13H2,(H,36,37). The van der Waals surface area contributed by atoms with Crippen LogP contribution in [-0.2, 0) is 35.3 Å². The van der Waals surface area contributed by atoms with Crippen molar-refractivity contribution in [2.24, 2.45) is 10.8 Å². The summed E-state index contributed by atoms with van der Waals surface area (Å²) in [5.41, 5.74) is 0.236. The maximum Gasteiger partial charge on any atom is 0.443 e. The predicted octanol–water partition coefficient (Wildman–Crippen LogP) is 5.75. The molecule has 6 rings (SSSR count). The Balaban J connectivity index is 1.31. The van der Waals surface area contributed by atoms with Crippen LogP contribution in [0.2, 0.25) is 0 Å². The van der Waals surface area contributed by atoms with Crippen LogP contribution in [-0.4, -0.2) is 38.0 Å². The minimum Gasteiger partial charge on any atom is -0.481 e. The van der Waals surface area contributed by atoms with Crippen molar-refractivity contribution in [1.82, 2.24) is 14.5 Å². The number of carboxylic acids is 1. The Bertz CT molecular complexity index is 1470. The van der Waals surface area contributed by atoms with Gasteiger partial charge in [0.05, 0.1) is 24.0 Å². The van der Waals surface area contributed by atoms with Gasteiger partial charge in [-0.1, -0.05) is 0 Å². The van der Waals surface area contributed by atoms with Crippen molar-refractivity contribution in [2.45, 2.75) is 64.2 Å². The van der Waals surface area contributed by atoms with Gasteiger partial charge in [0.25, 0.3) is 0 Å². The van der Waals surface area contributed by atoms with Crippen LogP contribution in [0.1, 0.15) is 59.7 Å². The molecular weight excluding hydrogens is 529 g/mol. The molecule has 0 saturated heterocycles. The minimum absolute atomic E-state index is 0.0871. The first-order valence-corrected chi connectivity index (χ1v) is 13.2. The van der Waals surface area contributed by atoms with Gasteiger partial charge in [-0.25, -0.2) is 13.8 Å². The van der Waals surface area contributed by atoms with Crippen molar-refractivity contribution in [2.75, 3.05) is 6.54 Å². The lowest BCUT2D eigenvalue weighted by Crippen LogP contribution is -2.39. The lowest BCUT2D eigenvalue weighted by Gasteiger charge is -2.33. The molecule has 12 heteroatoms. The molecule has 1 aliphatic heterocycles. The molecule has 0 radical (unpaired) electrons. The Morgan fingerprint density at radius 1 is 1.13 bits per heavy atom. The molecule has 38 heavy (non-hydrogen) atoms. The van der Waals surface area contributed by atoms with Gasteiger partial charge in [0.1, 0.15) is 11.6 Å². The number of benzene rings is 1. The van der Waals surface area contributed by atoms with Gasteiger partial charge >= 0.3 is 12.1 Å². The van der Waals surface area contributed by atoms with Crippen molar-refractivity contribution in [3.05, 3.63) is 51.1 Å². The summed E-state index contributed by atoms with van der Waals surface area (Å²) in [7, 11) is 0. The molecule has 2 aromatic heterocycles. The number of carboxylic acid groups (broad SMARTS) is 1. The number of halogens is 5. The molecule has 1 amide bonds. The number of rotatable bonds is 5. The zero-order valence-electron chi connectivity index (χ0n) is 20.2. The quantitative estimate of drug-likeness (QED) is 0.408. The Kier molecular flexibility index (Phi) is 5.65. The third-order valence-electron chi connectivity index (χ3n) is 8.69. The zero-order valence-corrected chi connectivity index (χ0v) is 21.0. The van der Waals surface area contributed by atoms with E-state index in [4.69, 9.17) is 0 Å². The predicted molar refractivity (Wildman–Crippen MR) is 127 cm³/mol. The van der Waals surface area contributed by atoms with Gasteiger partial charge in [0, 0.05) is 41.2 Å². The maximum absolute atomic E-state index is 15.0. The molecule has 2 aliphatic carbocycles. The fraction of sp³-hybridized carbons (Fsp3) is 0.500. The van der Waals surface area contributed by atoms with E-state index in [0.717, 1.165) is 12.3 Å². The fourth-order valence-electron chi connectivity index (χ4n) is 6.84. The van der Waals surface area contributed by atoms with Gasteiger partial charge in [-0.05, 0) is 55.6 Å². The number of hydrogen-bond acceptors (Lipinski definition) is 4. The first kappa shape index (κ1) is 25.3. The van der Waals surface area contributed by atoms with E-state index in [1.165, 1.54) is 10.6 Å². The van der Waals surface area contributed by atoms with Gasteiger partial charge in [0.15, 0.2) is 5.01 Å². The van der Waals surface area contributed by atoms with Crippen LogP contribution in [0.3, 0.4) is 0 Å². The number of nitrogens with zero attached hydrogens (tertiary/aromatic N) is 3. The van der Waals surface area contributed by atoms with Crippen LogP contribution < -0.4 is 0 Å². The molecule has 2 fully saturated rings. The zero-order chi connectivity index (χ0) is 27.0. The number of carbonyl (C=O) groups excluding carboxylic acids is 1. The van der Waals surface area contributed by atoms with Gasteiger partial charge in [0.2, 0.25) is 5.91 Å². The van der Waals surface area contributed by atoms with Crippen molar-refractivity contribution in [3.8, 4) is 0 Å². The first-order chi connectivity index (χ1) is 17.9. The Morgan fingerprint density at radius 2 is 1.87 bits per heavy atom. The number of aromatic nitrogens is 2. The summed E-state index contributed by atoms with van der Waals surface area (Å²) >= 11 is 0.462. The summed E-state index contributed by atoms with van der Waals surface area (Å²) in [5.74, 6) is -2.51. The topological polar surface area (TPSA) is 75.4 Å². The summed E-state index contributed by atoms with van der Waals surface area (Å²) < 4.78 is 70.1. The van der Waals surface area contributed by atoms with Crippen molar-refractivity contribution in [3.63, 3.8) is 0 Å². The molecule has 2 bridgehead atoms. The van der Waals surface area contributed by atoms with E-state index in [2.05, 4.69) is 4.98 Å². The lowest BCUT2D eigenvalue weighted by atomic mass is 9.80. The van der Waals surface area contributed by atoms with Crippen LogP contribution in [0.25, 0.3) is 10.9 Å². The molecule has 202 valence electrons. The van der Waals surface area contributed by atoms with E-state index in [0.29, 0.717) is 73.1 Å². The van der Waals surface area contributed by atoms with Crippen LogP contribution in [0.15, 0.2) is 18.3 Å². The van der Waals surface area contributed by atoms with Crippen LogP contribution in [0, 0.1) is 22.5 Å². The highest BCUT2D eigenvalue weighted by Crippen LogP contribution is 2.63. The number of fused-ring (bicyclic) bond motifs is 5. The van der Waals surface area contributed by atoms with E-state index in [9.17, 15) is 32.3 Å². The van der Waals surface area contributed by atoms with E-state index in [1.54, 1.807) is 4.90 Å². The molecule has 2 saturated carbocycles. The fourth-order valence-corrected chi connectivity index (χ4v) is 7.61. The normalized spacial score (nSPS) is 24.8.